The number of nitrogens with one attached hydrogen (secondary N) is 1. The lowest BCUT2D eigenvalue weighted by molar-refractivity contribution is 0.0143. The van der Waals surface area contributed by atoms with Gasteiger partial charge in [0.25, 0.3) is 0 Å². The Balaban J connectivity index is 2.53. The van der Waals surface area contributed by atoms with Gasteiger partial charge in [0.15, 0.2) is 0 Å². The molecule has 1 heterocycles. The smallest absolute Gasteiger partial charge is 0.410 e. The molecule has 1 amide bonds. The van der Waals surface area contributed by atoms with Crippen LogP contribution in [0.4, 0.5) is 4.79 Å². The number of rotatable bonds is 5. The van der Waals surface area contributed by atoms with E-state index in [0.717, 1.165) is 32.4 Å². The first-order chi connectivity index (χ1) is 9.76. The van der Waals surface area contributed by atoms with Crippen LogP contribution in [0.15, 0.2) is 0 Å². The summed E-state index contributed by atoms with van der Waals surface area (Å²) in [7, 11) is 0. The second-order valence-corrected chi connectivity index (χ2v) is 7.07. The zero-order chi connectivity index (χ0) is 16.0. The molecule has 1 rings (SSSR count). The Labute approximate surface area is 129 Å². The van der Waals surface area contributed by atoms with Crippen LogP contribution in [0.2, 0.25) is 0 Å². The molecule has 5 nitrogen and oxygen atoms in total. The average Bonchev–Trinajstić information content (AvgIpc) is 2.42. The van der Waals surface area contributed by atoms with Crippen molar-refractivity contribution in [3.8, 4) is 0 Å². The lowest BCUT2D eigenvalue weighted by Gasteiger charge is -2.37. The van der Waals surface area contributed by atoms with Crippen molar-refractivity contribution in [3.63, 3.8) is 0 Å². The van der Waals surface area contributed by atoms with Crippen molar-refractivity contribution >= 4 is 6.09 Å². The molecule has 21 heavy (non-hydrogen) atoms. The van der Waals surface area contributed by atoms with E-state index >= 15 is 0 Å². The summed E-state index contributed by atoms with van der Waals surface area (Å²) in [6.45, 7) is 11.5. The number of hydrogen-bond acceptors (Lipinski definition) is 4. The Morgan fingerprint density at radius 2 is 2.14 bits per heavy atom. The minimum absolute atomic E-state index is 0.136. The second kappa shape index (κ2) is 7.99. The number of ether oxygens (including phenoxy) is 1. The van der Waals surface area contributed by atoms with E-state index in [0.29, 0.717) is 5.92 Å². The highest BCUT2D eigenvalue weighted by atomic mass is 16.6. The Bertz CT molecular complexity index is 324. The second-order valence-electron chi connectivity index (χ2n) is 7.07. The molecule has 0 aromatic heterocycles. The monoisotopic (exact) mass is 300 g/mol. The van der Waals surface area contributed by atoms with Crippen LogP contribution in [-0.4, -0.2) is 53.5 Å². The third-order valence-corrected chi connectivity index (χ3v) is 4.03. The van der Waals surface area contributed by atoms with Gasteiger partial charge in [-0.3, -0.25) is 0 Å². The van der Waals surface area contributed by atoms with Gasteiger partial charge in [-0.25, -0.2) is 4.79 Å². The SMILES string of the molecule is CC[C@H](CO)NC(C)C1CCCN(C(=O)OC(C)(C)C)C1. The van der Waals surface area contributed by atoms with Crippen LogP contribution in [0.5, 0.6) is 0 Å². The Morgan fingerprint density at radius 1 is 1.48 bits per heavy atom. The van der Waals surface area contributed by atoms with Crippen LogP contribution >= 0.6 is 0 Å². The highest BCUT2D eigenvalue weighted by molar-refractivity contribution is 5.68. The molecule has 0 aliphatic carbocycles. The van der Waals surface area contributed by atoms with Crippen LogP contribution in [-0.2, 0) is 4.74 Å². The summed E-state index contributed by atoms with van der Waals surface area (Å²) < 4.78 is 5.46. The van der Waals surface area contributed by atoms with E-state index in [9.17, 15) is 9.90 Å². The number of aliphatic hydroxyl groups is 1. The number of amides is 1. The van der Waals surface area contributed by atoms with Gasteiger partial charge in [0.2, 0.25) is 0 Å². The predicted octanol–water partition coefficient (Wildman–Crippen LogP) is 2.38. The van der Waals surface area contributed by atoms with Crippen molar-refractivity contribution in [2.75, 3.05) is 19.7 Å². The molecule has 0 radical (unpaired) electrons. The summed E-state index contributed by atoms with van der Waals surface area (Å²) >= 11 is 0. The van der Waals surface area contributed by atoms with Crippen LogP contribution in [0.3, 0.4) is 0 Å². The van der Waals surface area contributed by atoms with Crippen molar-refractivity contribution in [2.24, 2.45) is 5.92 Å². The van der Waals surface area contributed by atoms with Gasteiger partial charge < -0.3 is 20.1 Å². The van der Waals surface area contributed by atoms with Crippen molar-refractivity contribution in [3.05, 3.63) is 0 Å². The molecule has 124 valence electrons. The summed E-state index contributed by atoms with van der Waals surface area (Å²) in [5.74, 6) is 0.409. The molecule has 0 aromatic rings. The van der Waals surface area contributed by atoms with Crippen LogP contribution in [0.25, 0.3) is 0 Å². The Kier molecular flexibility index (Phi) is 6.94. The van der Waals surface area contributed by atoms with Crippen LogP contribution in [0, 0.1) is 5.92 Å². The summed E-state index contributed by atoms with van der Waals surface area (Å²) in [4.78, 5) is 14.0. The molecule has 2 unspecified atom stereocenters. The van der Waals surface area contributed by atoms with Gasteiger partial charge in [0.1, 0.15) is 5.60 Å². The molecule has 0 aromatic carbocycles. The minimum atomic E-state index is -0.446. The zero-order valence-electron chi connectivity index (χ0n) is 14.2. The van der Waals surface area contributed by atoms with E-state index in [4.69, 9.17) is 4.74 Å². The van der Waals surface area contributed by atoms with E-state index in [-0.39, 0.29) is 24.8 Å². The summed E-state index contributed by atoms with van der Waals surface area (Å²) in [5, 5.41) is 12.8. The molecular weight excluding hydrogens is 268 g/mol. The maximum atomic E-state index is 12.2. The first-order valence-electron chi connectivity index (χ1n) is 8.11. The van der Waals surface area contributed by atoms with Gasteiger partial charge in [0, 0.05) is 25.2 Å². The normalized spacial score (nSPS) is 22.8. The molecule has 1 aliphatic heterocycles. The molecule has 3 atom stereocenters. The number of nitrogens with zero attached hydrogens (tertiary/aromatic N) is 1. The van der Waals surface area contributed by atoms with Crippen molar-refractivity contribution < 1.29 is 14.6 Å². The van der Waals surface area contributed by atoms with Crippen molar-refractivity contribution in [1.29, 1.82) is 0 Å². The molecule has 1 aliphatic rings. The molecule has 0 spiro atoms. The van der Waals surface area contributed by atoms with E-state index < -0.39 is 5.60 Å². The van der Waals surface area contributed by atoms with Gasteiger partial charge in [0.05, 0.1) is 6.61 Å². The van der Waals surface area contributed by atoms with E-state index in [1.165, 1.54) is 0 Å². The fourth-order valence-corrected chi connectivity index (χ4v) is 2.72. The number of aliphatic hydroxyl groups excluding tert-OH is 1. The fourth-order valence-electron chi connectivity index (χ4n) is 2.72. The van der Waals surface area contributed by atoms with Gasteiger partial charge in [-0.1, -0.05) is 6.92 Å². The molecular formula is C16H32N2O3. The average molecular weight is 300 g/mol. The van der Waals surface area contributed by atoms with E-state index in [1.54, 1.807) is 0 Å². The molecule has 1 fully saturated rings. The maximum Gasteiger partial charge on any atom is 0.410 e. The first-order valence-corrected chi connectivity index (χ1v) is 8.11. The molecule has 0 bridgehead atoms. The molecule has 5 heteroatoms. The lowest BCUT2D eigenvalue weighted by atomic mass is 9.91. The predicted molar refractivity (Wildman–Crippen MR) is 84.3 cm³/mol. The first kappa shape index (κ1) is 18.2. The number of piperidine rings is 1. The highest BCUT2D eigenvalue weighted by Crippen LogP contribution is 2.22. The van der Waals surface area contributed by atoms with Crippen molar-refractivity contribution in [1.82, 2.24) is 10.2 Å². The topological polar surface area (TPSA) is 61.8 Å². The summed E-state index contributed by atoms with van der Waals surface area (Å²) in [5.41, 5.74) is -0.446. The fraction of sp³-hybridized carbons (Fsp3) is 0.938. The lowest BCUT2D eigenvalue weighted by Crippen LogP contribution is -2.50. The van der Waals surface area contributed by atoms with Crippen LogP contribution in [0.1, 0.15) is 53.9 Å². The third-order valence-electron chi connectivity index (χ3n) is 4.03. The van der Waals surface area contributed by atoms with Gasteiger partial charge in [-0.05, 0) is 52.9 Å². The van der Waals surface area contributed by atoms with Crippen molar-refractivity contribution in [2.45, 2.75) is 71.6 Å². The number of carbonyl (C=O) groups is 1. The van der Waals surface area contributed by atoms with E-state index in [1.807, 2.05) is 25.7 Å². The third kappa shape index (κ3) is 6.22. The largest absolute Gasteiger partial charge is 0.444 e. The number of likely N-dealkylation sites (tertiary alicyclic amines) is 1. The Hall–Kier alpha value is -0.810. The Morgan fingerprint density at radius 3 is 2.67 bits per heavy atom. The summed E-state index contributed by atoms with van der Waals surface area (Å²) in [6.07, 6.45) is 2.80. The van der Waals surface area contributed by atoms with E-state index in [2.05, 4.69) is 19.2 Å². The van der Waals surface area contributed by atoms with Gasteiger partial charge >= 0.3 is 6.09 Å². The number of hydrogen-bond donors (Lipinski definition) is 2. The quantitative estimate of drug-likeness (QED) is 0.818. The number of carbonyl (C=O) groups excluding carboxylic acids is 1. The standard InChI is InChI=1S/C16H32N2O3/c1-6-14(11-19)17-12(2)13-8-7-9-18(10-13)15(20)21-16(3,4)5/h12-14,17,19H,6-11H2,1-5H3/t12?,13?,14-/m1/s1. The maximum absolute atomic E-state index is 12.2. The van der Waals surface area contributed by atoms with Crippen LogP contribution < -0.4 is 5.32 Å². The van der Waals surface area contributed by atoms with Gasteiger partial charge in [-0.2, -0.15) is 0 Å². The minimum Gasteiger partial charge on any atom is -0.444 e. The molecule has 1 saturated heterocycles. The highest BCUT2D eigenvalue weighted by Gasteiger charge is 2.30. The summed E-state index contributed by atoms with van der Waals surface area (Å²) in [6, 6.07) is 0.421. The zero-order valence-corrected chi connectivity index (χ0v) is 14.2. The molecule has 2 N–H and O–H groups in total. The molecule has 0 saturated carbocycles. The van der Waals surface area contributed by atoms with Gasteiger partial charge in [-0.15, -0.1) is 0 Å².